The minimum atomic E-state index is -2.91. The van der Waals surface area contributed by atoms with Crippen LogP contribution in [0.1, 0.15) is 24.9 Å². The molecule has 1 aliphatic rings. The molecule has 0 bridgehead atoms. The van der Waals surface area contributed by atoms with Gasteiger partial charge in [0.05, 0.1) is 17.5 Å². The first-order chi connectivity index (χ1) is 11.4. The number of benzene rings is 1. The van der Waals surface area contributed by atoms with E-state index in [1.165, 1.54) is 0 Å². The van der Waals surface area contributed by atoms with Crippen LogP contribution < -0.4 is 10.2 Å². The highest BCUT2D eigenvalue weighted by molar-refractivity contribution is 7.91. The maximum absolute atomic E-state index is 11.7. The predicted molar refractivity (Wildman–Crippen MR) is 96.0 cm³/mol. The van der Waals surface area contributed by atoms with Gasteiger partial charge in [-0.25, -0.2) is 13.4 Å². The second-order valence-electron chi connectivity index (χ2n) is 6.18. The molecule has 2 atom stereocenters. The summed E-state index contributed by atoms with van der Waals surface area (Å²) in [5, 5.41) is 3.29. The van der Waals surface area contributed by atoms with Crippen LogP contribution in [-0.4, -0.2) is 43.0 Å². The maximum Gasteiger partial charge on any atom is 0.225 e. The average molecular weight is 346 g/mol. The molecule has 6 nitrogen and oxygen atoms in total. The molecule has 1 fully saturated rings. The first-order valence-electron chi connectivity index (χ1n) is 8.02. The summed E-state index contributed by atoms with van der Waals surface area (Å²) in [6.45, 7) is 2.05. The molecule has 0 aliphatic carbocycles. The molecule has 0 spiro atoms. The van der Waals surface area contributed by atoms with Crippen LogP contribution in [0.4, 0.5) is 11.8 Å². The van der Waals surface area contributed by atoms with Crippen LogP contribution in [0.2, 0.25) is 0 Å². The summed E-state index contributed by atoms with van der Waals surface area (Å²) in [5.74, 6) is 1.71. The third-order valence-electron chi connectivity index (χ3n) is 4.40. The molecular formula is C17H22N4O2S. The molecule has 0 radical (unpaired) electrons. The highest BCUT2D eigenvalue weighted by Gasteiger charge is 2.31. The van der Waals surface area contributed by atoms with Crippen LogP contribution >= 0.6 is 0 Å². The fraction of sp³-hybridized carbons (Fsp3) is 0.412. The van der Waals surface area contributed by atoms with Crippen molar-refractivity contribution in [2.75, 3.05) is 28.8 Å². The maximum atomic E-state index is 11.7. The Hall–Kier alpha value is -2.15. The lowest BCUT2D eigenvalue weighted by atomic mass is 10.1. The third-order valence-corrected chi connectivity index (χ3v) is 6.15. The number of rotatable bonds is 5. The first kappa shape index (κ1) is 16.7. The molecule has 1 aromatic carbocycles. The van der Waals surface area contributed by atoms with Crippen molar-refractivity contribution < 1.29 is 8.42 Å². The lowest BCUT2D eigenvalue weighted by Crippen LogP contribution is -2.33. The van der Waals surface area contributed by atoms with Gasteiger partial charge in [0, 0.05) is 19.3 Å². The van der Waals surface area contributed by atoms with Gasteiger partial charge in [0.2, 0.25) is 5.95 Å². The molecule has 2 unspecified atom stereocenters. The topological polar surface area (TPSA) is 75.2 Å². The van der Waals surface area contributed by atoms with Crippen LogP contribution in [0.25, 0.3) is 0 Å². The summed E-state index contributed by atoms with van der Waals surface area (Å²) >= 11 is 0. The molecule has 7 heteroatoms. The summed E-state index contributed by atoms with van der Waals surface area (Å²) in [4.78, 5) is 10.7. The zero-order chi connectivity index (χ0) is 17.2. The molecular weight excluding hydrogens is 324 g/mol. The van der Waals surface area contributed by atoms with Crippen molar-refractivity contribution in [3.63, 3.8) is 0 Å². The smallest absolute Gasteiger partial charge is 0.225 e. The monoisotopic (exact) mass is 346 g/mol. The summed E-state index contributed by atoms with van der Waals surface area (Å²) in [5.41, 5.74) is 1.15. The number of anilines is 2. The Bertz CT molecular complexity index is 795. The van der Waals surface area contributed by atoms with Gasteiger partial charge in [-0.15, -0.1) is 0 Å². The lowest BCUT2D eigenvalue weighted by molar-refractivity contribution is 0.600. The van der Waals surface area contributed by atoms with Gasteiger partial charge in [-0.1, -0.05) is 30.3 Å². The van der Waals surface area contributed by atoms with Crippen LogP contribution in [0.3, 0.4) is 0 Å². The molecule has 0 amide bonds. The average Bonchev–Trinajstić information content (AvgIpc) is 2.95. The first-order valence-corrected chi connectivity index (χ1v) is 9.84. The Kier molecular flexibility index (Phi) is 4.71. The van der Waals surface area contributed by atoms with E-state index in [2.05, 4.69) is 34.3 Å². The van der Waals surface area contributed by atoms with E-state index in [-0.39, 0.29) is 23.6 Å². The van der Waals surface area contributed by atoms with E-state index in [1.807, 2.05) is 36.2 Å². The van der Waals surface area contributed by atoms with E-state index in [4.69, 9.17) is 0 Å². The SMILES string of the molecule is CC(Nc1nccc(N(C)C2CCS(=O)(=O)C2)n1)c1ccccc1. The summed E-state index contributed by atoms with van der Waals surface area (Å²) in [7, 11) is -1.03. The largest absolute Gasteiger partial charge is 0.355 e. The molecule has 2 heterocycles. The van der Waals surface area contributed by atoms with Crippen molar-refractivity contribution in [1.29, 1.82) is 0 Å². The Labute approximate surface area is 142 Å². The van der Waals surface area contributed by atoms with Gasteiger partial charge < -0.3 is 10.2 Å². The minimum absolute atomic E-state index is 0.0238. The Morgan fingerprint density at radius 2 is 2.00 bits per heavy atom. The Morgan fingerprint density at radius 3 is 2.67 bits per heavy atom. The van der Waals surface area contributed by atoms with Gasteiger partial charge in [0.15, 0.2) is 9.84 Å². The van der Waals surface area contributed by atoms with Gasteiger partial charge in [-0.3, -0.25) is 0 Å². The van der Waals surface area contributed by atoms with E-state index in [1.54, 1.807) is 6.20 Å². The van der Waals surface area contributed by atoms with Crippen LogP contribution in [-0.2, 0) is 9.84 Å². The predicted octanol–water partition coefficient (Wildman–Crippen LogP) is 2.27. The van der Waals surface area contributed by atoms with E-state index in [0.717, 1.165) is 11.4 Å². The summed E-state index contributed by atoms with van der Waals surface area (Å²) in [6, 6.07) is 12.0. The van der Waals surface area contributed by atoms with E-state index in [9.17, 15) is 8.42 Å². The standard InChI is InChI=1S/C17H22N4O2S/c1-13(14-6-4-3-5-7-14)19-17-18-10-8-16(20-17)21(2)15-9-11-24(22,23)12-15/h3-8,10,13,15H,9,11-12H2,1-2H3,(H,18,19,20). The number of nitrogens with one attached hydrogen (secondary N) is 1. The normalized spacial score (nSPS) is 20.5. The minimum Gasteiger partial charge on any atom is -0.355 e. The number of aromatic nitrogens is 2. The number of hydrogen-bond donors (Lipinski definition) is 1. The van der Waals surface area contributed by atoms with Crippen LogP contribution in [0.5, 0.6) is 0 Å². The fourth-order valence-electron chi connectivity index (χ4n) is 2.90. The fourth-order valence-corrected chi connectivity index (χ4v) is 4.68. The molecule has 2 aromatic rings. The molecule has 1 aliphatic heterocycles. The van der Waals surface area contributed by atoms with Crippen molar-refractivity contribution in [2.24, 2.45) is 0 Å². The molecule has 1 aromatic heterocycles. The highest BCUT2D eigenvalue weighted by Crippen LogP contribution is 2.23. The van der Waals surface area contributed by atoms with E-state index < -0.39 is 9.84 Å². The third kappa shape index (κ3) is 3.84. The summed E-state index contributed by atoms with van der Waals surface area (Å²) < 4.78 is 23.3. The highest BCUT2D eigenvalue weighted by atomic mass is 32.2. The zero-order valence-electron chi connectivity index (χ0n) is 13.9. The van der Waals surface area contributed by atoms with Gasteiger partial charge in [0.25, 0.3) is 0 Å². The number of hydrogen-bond acceptors (Lipinski definition) is 6. The molecule has 0 saturated carbocycles. The Morgan fingerprint density at radius 1 is 1.25 bits per heavy atom. The lowest BCUT2D eigenvalue weighted by Gasteiger charge is -2.25. The van der Waals surface area contributed by atoms with E-state index >= 15 is 0 Å². The van der Waals surface area contributed by atoms with Crippen molar-refractivity contribution in [2.45, 2.75) is 25.4 Å². The molecule has 1 N–H and O–H groups in total. The number of sulfone groups is 1. The van der Waals surface area contributed by atoms with Crippen molar-refractivity contribution in [3.8, 4) is 0 Å². The molecule has 24 heavy (non-hydrogen) atoms. The second kappa shape index (κ2) is 6.76. The van der Waals surface area contributed by atoms with Crippen molar-refractivity contribution in [3.05, 3.63) is 48.2 Å². The molecule has 1 saturated heterocycles. The Balaban J connectivity index is 1.72. The van der Waals surface area contributed by atoms with Crippen molar-refractivity contribution in [1.82, 2.24) is 9.97 Å². The van der Waals surface area contributed by atoms with Crippen molar-refractivity contribution >= 4 is 21.6 Å². The number of nitrogens with zero attached hydrogens (tertiary/aromatic N) is 3. The van der Waals surface area contributed by atoms with Gasteiger partial charge in [0.1, 0.15) is 5.82 Å². The second-order valence-corrected chi connectivity index (χ2v) is 8.41. The van der Waals surface area contributed by atoms with Crippen LogP contribution in [0, 0.1) is 0 Å². The summed E-state index contributed by atoms with van der Waals surface area (Å²) in [6.07, 6.45) is 2.34. The van der Waals surface area contributed by atoms with Gasteiger partial charge in [-0.05, 0) is 25.0 Å². The molecule has 3 rings (SSSR count). The molecule has 128 valence electrons. The van der Waals surface area contributed by atoms with Gasteiger partial charge >= 0.3 is 0 Å². The van der Waals surface area contributed by atoms with Crippen LogP contribution in [0.15, 0.2) is 42.6 Å². The van der Waals surface area contributed by atoms with Gasteiger partial charge in [-0.2, -0.15) is 4.98 Å². The van der Waals surface area contributed by atoms with E-state index in [0.29, 0.717) is 12.4 Å². The quantitative estimate of drug-likeness (QED) is 0.895. The zero-order valence-corrected chi connectivity index (χ0v) is 14.7.